The van der Waals surface area contributed by atoms with Crippen molar-refractivity contribution in [3.63, 3.8) is 0 Å². The van der Waals surface area contributed by atoms with E-state index in [0.717, 1.165) is 6.20 Å². The molecule has 3 aromatic heterocycles. The molecular weight excluding hydrogens is 1190 g/mol. The Balaban J connectivity index is 0.0000113. The van der Waals surface area contributed by atoms with E-state index in [0.29, 0.717) is 21.8 Å². The van der Waals surface area contributed by atoms with E-state index in [1.54, 1.807) is 61.7 Å². The quantitative estimate of drug-likeness (QED) is 0.0956. The molecule has 0 N–H and O–H groups in total. The number of aromatic nitrogens is 4. The zero-order chi connectivity index (χ0) is 82.2. The number of benzene rings is 11. The van der Waals surface area contributed by atoms with Gasteiger partial charge in [-0.3, -0.25) is 4.57 Å². The number of nitrogens with zero attached hydrogens (tertiary/aromatic N) is 4. The Labute approximate surface area is 542 Å². The summed E-state index contributed by atoms with van der Waals surface area (Å²) in [5, 5.41) is 1.22. The van der Waals surface area contributed by atoms with Gasteiger partial charge in [0, 0.05) is 54.0 Å². The maximum Gasteiger partial charge on any atom is 0.268 e. The zero-order valence-electron chi connectivity index (χ0n) is 74.8. The molecule has 0 aliphatic rings. The largest absolute Gasteiger partial charge is 0.510 e. The van der Waals surface area contributed by atoms with E-state index in [1.165, 1.54) is 57.7 Å². The number of hydrogen-bond donors (Lipinski definition) is 0. The number of ether oxygens (including phenoxy) is 1. The second kappa shape index (κ2) is 22.0. The maximum atomic E-state index is 10.5. The molecule has 6 heteroatoms. The first-order valence-electron chi connectivity index (χ1n) is 40.9. The zero-order valence-corrected chi connectivity index (χ0v) is 46.0. The third kappa shape index (κ3) is 10.1. The molecule has 5 nitrogen and oxygen atoms in total. The first-order chi connectivity index (χ1) is 53.0. The number of para-hydroxylation sites is 1. The molecule has 0 fully saturated rings. The minimum absolute atomic E-state index is 0. The van der Waals surface area contributed by atoms with Gasteiger partial charge in [-0.15, -0.1) is 29.7 Å². The Morgan fingerprint density at radius 1 is 0.506 bits per heavy atom. The van der Waals surface area contributed by atoms with Gasteiger partial charge in [-0.05, 0) is 132 Å². The van der Waals surface area contributed by atoms with Crippen LogP contribution < -0.4 is 9.30 Å². The molecule has 0 aliphatic heterocycles. The van der Waals surface area contributed by atoms with Gasteiger partial charge in [-0.25, -0.2) is 4.98 Å². The summed E-state index contributed by atoms with van der Waals surface area (Å²) in [5.41, 5.74) is -6.38. The Kier molecular flexibility index (Phi) is 7.51. The Morgan fingerprint density at radius 2 is 1.07 bits per heavy atom. The molecule has 0 atom stereocenters. The van der Waals surface area contributed by atoms with E-state index in [-0.39, 0.29) is 99.7 Å². The smallest absolute Gasteiger partial charge is 0.268 e. The number of fused-ring (bicyclic) bond motifs is 4. The summed E-state index contributed by atoms with van der Waals surface area (Å²) in [5.74, 6) is 0.00197. The van der Waals surface area contributed by atoms with E-state index in [9.17, 15) is 12.3 Å². The fourth-order valence-electron chi connectivity index (χ4n) is 9.75. The fourth-order valence-corrected chi connectivity index (χ4v) is 9.75. The summed E-state index contributed by atoms with van der Waals surface area (Å²) < 4.78 is 290. The summed E-state index contributed by atoms with van der Waals surface area (Å²) in [6, 6.07) is 7.13. The Morgan fingerprint density at radius 3 is 1.70 bits per heavy atom. The van der Waals surface area contributed by atoms with Gasteiger partial charge in [0.15, 0.2) is 0 Å². The van der Waals surface area contributed by atoms with Gasteiger partial charge in [0.2, 0.25) is 0 Å². The number of aryl methyl sites for hydroxylation is 1. The van der Waals surface area contributed by atoms with Gasteiger partial charge in [0.1, 0.15) is 5.82 Å². The van der Waals surface area contributed by atoms with Crippen molar-refractivity contribution in [3.8, 4) is 95.5 Å². The molecule has 11 aromatic carbocycles. The molecule has 0 amide bonds. The van der Waals surface area contributed by atoms with Crippen molar-refractivity contribution in [2.45, 2.75) is 33.0 Å². The molecule has 14 rings (SSSR count). The van der Waals surface area contributed by atoms with Gasteiger partial charge in [-0.1, -0.05) is 220 Å². The van der Waals surface area contributed by atoms with Crippen molar-refractivity contribution in [1.82, 2.24) is 14.1 Å². The standard InChI is InChI=1S/C77H56N4O.Pt/c1-52-41-75(78-50-70(52)57-31-18-9-19-32-57)81-71-36-21-20-35-66(71)67-39-38-65(49-73(67)81)82-64-34-22-33-63(48-64)79-51-80(72-40-37-58(45-74(72)79)53-23-10-5-11-24-53)76-68(56-29-16-8-17-30-56)46-62(77(2,3)4)47-69(76)61-43-59(54-25-12-6-13-26-54)42-60(44-61)55-27-14-7-15-28-55;/h5-47,50H,1-4H3;/q-2;/i1D3,5D,6D,7D,8D,9D,10D,11D,12D,13D,14D,15D,16D,17D,18D,19D,23D,24D,25D,26D,27D,28D,29D,30D,31D,32D,42D,43D,44D;. The normalized spacial score (nSPS) is 16.9. The summed E-state index contributed by atoms with van der Waals surface area (Å²) in [6.45, 7) is 2.27. The molecule has 83 heavy (non-hydrogen) atoms. The average molecular weight is 1280 g/mol. The van der Waals surface area contributed by atoms with E-state index >= 15 is 0 Å². The molecule has 0 saturated heterocycles. The number of rotatable bonds is 11. The van der Waals surface area contributed by atoms with Crippen LogP contribution in [0, 0.1) is 25.3 Å². The third-order valence-electron chi connectivity index (χ3n) is 13.6. The van der Waals surface area contributed by atoms with E-state index in [2.05, 4.69) is 23.4 Å². The van der Waals surface area contributed by atoms with Crippen LogP contribution in [0.2, 0.25) is 0 Å². The first-order valence-corrected chi connectivity index (χ1v) is 25.4. The summed E-state index contributed by atoms with van der Waals surface area (Å²) >= 11 is 0. The van der Waals surface area contributed by atoms with Gasteiger partial charge >= 0.3 is 0 Å². The van der Waals surface area contributed by atoms with Crippen LogP contribution in [0.1, 0.15) is 74.4 Å². The van der Waals surface area contributed by atoms with Crippen molar-refractivity contribution in [3.05, 3.63) is 296 Å². The predicted molar refractivity (Wildman–Crippen MR) is 336 cm³/mol. The van der Waals surface area contributed by atoms with Gasteiger partial charge < -0.3 is 13.9 Å². The van der Waals surface area contributed by atoms with Crippen molar-refractivity contribution in [1.29, 1.82) is 0 Å². The minimum Gasteiger partial charge on any atom is -0.510 e. The Bertz CT molecular complexity index is 6320. The molecule has 0 radical (unpaired) electrons. The van der Waals surface area contributed by atoms with Gasteiger partial charge in [0.25, 0.3) is 6.33 Å². The van der Waals surface area contributed by atoms with Crippen molar-refractivity contribution in [2.24, 2.45) is 0 Å². The van der Waals surface area contributed by atoms with Crippen LogP contribution in [0.5, 0.6) is 11.5 Å². The monoisotopic (exact) mass is 1280 g/mol. The molecular formula is C77H56N4OPt-2. The second-order valence-corrected chi connectivity index (χ2v) is 19.7. The minimum atomic E-state index is -2.94. The van der Waals surface area contributed by atoms with Gasteiger partial charge in [-0.2, -0.15) is 18.2 Å². The number of hydrogen-bond acceptors (Lipinski definition) is 2. The van der Waals surface area contributed by atoms with Crippen molar-refractivity contribution >= 4 is 32.8 Å². The predicted octanol–water partition coefficient (Wildman–Crippen LogP) is 19.2. The van der Waals surface area contributed by atoms with Crippen LogP contribution in [-0.2, 0) is 26.5 Å². The van der Waals surface area contributed by atoms with E-state index in [1.807, 2.05) is 6.07 Å². The number of pyridine rings is 1. The second-order valence-electron chi connectivity index (χ2n) is 19.7. The molecule has 0 aliphatic carbocycles. The van der Waals surface area contributed by atoms with Crippen LogP contribution in [0.15, 0.2) is 266 Å². The average Bonchev–Trinajstić information content (AvgIpc) is 0.739. The molecule has 0 bridgehead atoms. The molecule has 0 saturated carbocycles. The van der Waals surface area contributed by atoms with Gasteiger partial charge in [0.05, 0.1) is 55.1 Å². The van der Waals surface area contributed by atoms with Crippen LogP contribution in [-0.4, -0.2) is 14.1 Å². The molecule has 0 unspecified atom stereocenters. The molecule has 14 aromatic rings. The van der Waals surface area contributed by atoms with E-state index in [4.69, 9.17) is 34.9 Å². The van der Waals surface area contributed by atoms with Crippen LogP contribution in [0.3, 0.4) is 0 Å². The molecule has 0 spiro atoms. The van der Waals surface area contributed by atoms with Crippen LogP contribution in [0.4, 0.5) is 0 Å². The summed E-state index contributed by atoms with van der Waals surface area (Å²) in [4.78, 5) is 4.67. The first kappa shape index (κ1) is 28.3. The summed E-state index contributed by atoms with van der Waals surface area (Å²) in [6.07, 6.45) is 4.44. The third-order valence-corrected chi connectivity index (χ3v) is 13.6. The Hall–Kier alpha value is -9.67. The fraction of sp³-hybridized carbons (Fsp3) is 0.0649. The van der Waals surface area contributed by atoms with Crippen LogP contribution in [0.25, 0.3) is 117 Å². The molecule has 3 heterocycles. The van der Waals surface area contributed by atoms with E-state index < -0.39 is 220 Å². The number of imidazole rings is 1. The topological polar surface area (TPSA) is 35.9 Å². The van der Waals surface area contributed by atoms with Crippen LogP contribution >= 0.6 is 0 Å². The van der Waals surface area contributed by atoms with Crippen molar-refractivity contribution < 1.29 is 72.9 Å². The maximum absolute atomic E-state index is 10.5. The SMILES string of the molecule is [2H]c1c([2H])c([2H])c(-c2ccc3c(c2)n(-c2[c-]c(Oc4[c-]c5c(cc4)c4ccccc4n5-c4cc(C([2H])([2H])[2H])c(-c5c([2H])c([2H])c([2H])c([2H])c5[2H])cn4)ccc2)[c-][n+]3-c2c(-c3c([2H])c([2H])c([2H])c([2H])c3[2H])cc(C(C)(C)C)cc2-c2c([2H])c(-c3c([2H])c([2H])c([2H])c([2H])c3[2H])c([2H])c(-c3c([2H])c([2H])c([2H])c([2H])c3[2H])c2[2H])c([2H])c1[2H].[Pt]. The van der Waals surface area contributed by atoms with Crippen molar-refractivity contribution in [2.75, 3.05) is 0 Å². The summed E-state index contributed by atoms with van der Waals surface area (Å²) in [7, 11) is 0. The molecule has 402 valence electrons.